The lowest BCUT2D eigenvalue weighted by atomic mass is 10.1. The molecular weight excluding hydrogens is 757 g/mol. The molecule has 0 spiro atoms. The summed E-state index contributed by atoms with van der Waals surface area (Å²) in [6, 6.07) is 0. The Kier molecular flexibility index (Phi) is 46.9. The maximum absolute atomic E-state index is 12.8. The van der Waals surface area contributed by atoms with Gasteiger partial charge in [0.25, 0.3) is 0 Å². The summed E-state index contributed by atoms with van der Waals surface area (Å²) in [6.07, 6.45) is 61.8. The number of carbonyl (C=O) groups is 3. The Hall–Kier alpha value is -3.15. The van der Waals surface area contributed by atoms with Crippen LogP contribution in [0, 0.1) is 0 Å². The van der Waals surface area contributed by atoms with Crippen LogP contribution in [-0.2, 0) is 28.6 Å². The van der Waals surface area contributed by atoms with E-state index in [4.69, 9.17) is 14.2 Å². The molecule has 0 N–H and O–H groups in total. The van der Waals surface area contributed by atoms with E-state index in [9.17, 15) is 14.4 Å². The first-order valence-corrected chi connectivity index (χ1v) is 25.4. The number of esters is 3. The molecule has 0 fully saturated rings. The van der Waals surface area contributed by atoms with E-state index in [1.54, 1.807) is 0 Å². The second kappa shape index (κ2) is 49.5. The molecule has 0 radical (unpaired) electrons. The average Bonchev–Trinajstić information content (AvgIpc) is 3.26. The SMILES string of the molecule is CC/C=C\C/C=C\C/C=C\C/C=C\C/C=C\CCC(=O)OCC(COC(=O)CCCCCCCCCCCCC)OC(=O)CCCCCCC/C=C\CCCCCCCCC. The molecule has 0 aromatic rings. The van der Waals surface area contributed by atoms with Crippen LogP contribution in [0.1, 0.15) is 239 Å². The van der Waals surface area contributed by atoms with E-state index < -0.39 is 6.10 Å². The topological polar surface area (TPSA) is 78.9 Å². The quantitative estimate of drug-likeness (QED) is 0.0263. The van der Waals surface area contributed by atoms with Gasteiger partial charge in [0.2, 0.25) is 0 Å². The molecule has 0 aliphatic rings. The maximum atomic E-state index is 12.8. The van der Waals surface area contributed by atoms with Crippen LogP contribution in [0.3, 0.4) is 0 Å². The number of unbranched alkanes of at least 4 members (excludes halogenated alkanes) is 22. The van der Waals surface area contributed by atoms with E-state index in [-0.39, 0.29) is 37.5 Å². The summed E-state index contributed by atoms with van der Waals surface area (Å²) in [5.41, 5.74) is 0. The van der Waals surface area contributed by atoms with Crippen LogP contribution in [-0.4, -0.2) is 37.2 Å². The van der Waals surface area contributed by atoms with Crippen molar-refractivity contribution in [1.82, 2.24) is 0 Å². The highest BCUT2D eigenvalue weighted by atomic mass is 16.6. The molecule has 1 atom stereocenters. The van der Waals surface area contributed by atoms with Gasteiger partial charge in [-0.25, -0.2) is 0 Å². The normalized spacial score (nSPS) is 12.6. The van der Waals surface area contributed by atoms with Crippen molar-refractivity contribution in [3.63, 3.8) is 0 Å². The van der Waals surface area contributed by atoms with Crippen LogP contribution in [0.25, 0.3) is 0 Å². The van der Waals surface area contributed by atoms with E-state index in [1.165, 1.54) is 109 Å². The number of carbonyl (C=O) groups excluding carboxylic acids is 3. The molecule has 6 nitrogen and oxygen atoms in total. The summed E-state index contributed by atoms with van der Waals surface area (Å²) in [7, 11) is 0. The van der Waals surface area contributed by atoms with Gasteiger partial charge < -0.3 is 14.2 Å². The maximum Gasteiger partial charge on any atom is 0.306 e. The summed E-state index contributed by atoms with van der Waals surface area (Å²) in [5.74, 6) is -0.995. The Morgan fingerprint density at radius 3 is 1.10 bits per heavy atom. The Labute approximate surface area is 376 Å². The number of rotatable bonds is 45. The van der Waals surface area contributed by atoms with E-state index in [1.807, 2.05) is 6.08 Å². The monoisotopic (exact) mass is 851 g/mol. The lowest BCUT2D eigenvalue weighted by Gasteiger charge is -2.18. The average molecular weight is 851 g/mol. The molecule has 0 saturated heterocycles. The first-order chi connectivity index (χ1) is 30.0. The zero-order valence-electron chi connectivity index (χ0n) is 39.9. The molecule has 0 aliphatic carbocycles. The van der Waals surface area contributed by atoms with Crippen LogP contribution in [0.15, 0.2) is 72.9 Å². The first kappa shape index (κ1) is 57.9. The highest BCUT2D eigenvalue weighted by Crippen LogP contribution is 2.14. The van der Waals surface area contributed by atoms with Gasteiger partial charge in [-0.3, -0.25) is 14.4 Å². The zero-order chi connectivity index (χ0) is 44.4. The van der Waals surface area contributed by atoms with Gasteiger partial charge in [-0.1, -0.05) is 216 Å². The van der Waals surface area contributed by atoms with E-state index >= 15 is 0 Å². The van der Waals surface area contributed by atoms with Crippen molar-refractivity contribution in [2.24, 2.45) is 0 Å². The molecule has 0 rings (SSSR count). The molecule has 0 aliphatic heterocycles. The first-order valence-electron chi connectivity index (χ1n) is 25.4. The molecule has 0 bridgehead atoms. The van der Waals surface area contributed by atoms with E-state index in [0.29, 0.717) is 19.3 Å². The number of ether oxygens (including phenoxy) is 3. The molecular formula is C55H94O6. The minimum absolute atomic E-state index is 0.100. The molecule has 6 heteroatoms. The van der Waals surface area contributed by atoms with Gasteiger partial charge in [0.05, 0.1) is 0 Å². The highest BCUT2D eigenvalue weighted by molar-refractivity contribution is 5.71. The molecule has 0 aromatic carbocycles. The van der Waals surface area contributed by atoms with Crippen LogP contribution in [0.4, 0.5) is 0 Å². The van der Waals surface area contributed by atoms with Crippen LogP contribution >= 0.6 is 0 Å². The second-order valence-electron chi connectivity index (χ2n) is 16.7. The summed E-state index contributed by atoms with van der Waals surface area (Å²) >= 11 is 0. The Morgan fingerprint density at radius 1 is 0.344 bits per heavy atom. The summed E-state index contributed by atoms with van der Waals surface area (Å²) in [4.78, 5) is 37.9. The van der Waals surface area contributed by atoms with Gasteiger partial charge >= 0.3 is 17.9 Å². The molecule has 1 unspecified atom stereocenters. The number of allylic oxidation sites excluding steroid dienone is 12. The van der Waals surface area contributed by atoms with Crippen LogP contribution < -0.4 is 0 Å². The Morgan fingerprint density at radius 2 is 0.672 bits per heavy atom. The van der Waals surface area contributed by atoms with Crippen molar-refractivity contribution in [2.45, 2.75) is 245 Å². The Bertz CT molecular complexity index is 1160. The number of hydrogen-bond donors (Lipinski definition) is 0. The standard InChI is InChI=1S/C55H94O6/c1-4-7-10-13-16-19-22-24-26-28-30-33-36-39-42-45-48-54(57)60-51-52(50-59-53(56)47-44-41-38-35-32-21-18-15-12-9-6-3)61-55(58)49-46-43-40-37-34-31-29-27-25-23-20-17-14-11-8-5-2/h7,10,16,19,24,26-27,29-30,33,39,42,52H,4-6,8-9,11-15,17-18,20-23,25,28,31-32,34-38,40-41,43-51H2,1-3H3/b10-7-,19-16-,26-24-,29-27-,33-30-,42-39-. The third-order valence-electron chi connectivity index (χ3n) is 10.7. The Balaban J connectivity index is 4.48. The van der Waals surface area contributed by atoms with Crippen molar-refractivity contribution < 1.29 is 28.6 Å². The second-order valence-corrected chi connectivity index (χ2v) is 16.7. The predicted molar refractivity (Wildman–Crippen MR) is 261 cm³/mol. The summed E-state index contributed by atoms with van der Waals surface area (Å²) in [6.45, 7) is 6.44. The van der Waals surface area contributed by atoms with Crippen molar-refractivity contribution in [3.8, 4) is 0 Å². The zero-order valence-corrected chi connectivity index (χ0v) is 39.9. The van der Waals surface area contributed by atoms with E-state index in [2.05, 4.69) is 87.6 Å². The van der Waals surface area contributed by atoms with Gasteiger partial charge in [-0.05, 0) is 77.0 Å². The lowest BCUT2D eigenvalue weighted by Crippen LogP contribution is -2.30. The fourth-order valence-corrected chi connectivity index (χ4v) is 6.90. The van der Waals surface area contributed by atoms with Gasteiger partial charge in [0.15, 0.2) is 6.10 Å². The fraction of sp³-hybridized carbons (Fsp3) is 0.727. The van der Waals surface area contributed by atoms with Gasteiger partial charge in [0.1, 0.15) is 13.2 Å². The molecule has 0 aromatic heterocycles. The largest absolute Gasteiger partial charge is 0.462 e. The highest BCUT2D eigenvalue weighted by Gasteiger charge is 2.19. The van der Waals surface area contributed by atoms with Crippen molar-refractivity contribution in [1.29, 1.82) is 0 Å². The fourth-order valence-electron chi connectivity index (χ4n) is 6.90. The molecule has 0 heterocycles. The van der Waals surface area contributed by atoms with Gasteiger partial charge in [-0.15, -0.1) is 0 Å². The van der Waals surface area contributed by atoms with Crippen molar-refractivity contribution in [2.75, 3.05) is 13.2 Å². The van der Waals surface area contributed by atoms with Gasteiger partial charge in [-0.2, -0.15) is 0 Å². The third kappa shape index (κ3) is 47.7. The molecule has 61 heavy (non-hydrogen) atoms. The van der Waals surface area contributed by atoms with E-state index in [0.717, 1.165) is 83.5 Å². The summed E-state index contributed by atoms with van der Waals surface area (Å²) in [5, 5.41) is 0. The minimum atomic E-state index is -0.806. The molecule has 350 valence electrons. The number of hydrogen-bond acceptors (Lipinski definition) is 6. The lowest BCUT2D eigenvalue weighted by molar-refractivity contribution is -0.166. The van der Waals surface area contributed by atoms with Gasteiger partial charge in [0, 0.05) is 19.3 Å². The molecule has 0 amide bonds. The minimum Gasteiger partial charge on any atom is -0.462 e. The van der Waals surface area contributed by atoms with Crippen molar-refractivity contribution in [3.05, 3.63) is 72.9 Å². The molecule has 0 saturated carbocycles. The summed E-state index contributed by atoms with van der Waals surface area (Å²) < 4.78 is 16.7. The van der Waals surface area contributed by atoms with Crippen LogP contribution in [0.5, 0.6) is 0 Å². The third-order valence-corrected chi connectivity index (χ3v) is 10.7. The smallest absolute Gasteiger partial charge is 0.306 e. The predicted octanol–water partition coefficient (Wildman–Crippen LogP) is 16.6. The van der Waals surface area contributed by atoms with Crippen LogP contribution in [0.2, 0.25) is 0 Å². The van der Waals surface area contributed by atoms with Crippen molar-refractivity contribution >= 4 is 17.9 Å².